The molecule has 4 heteroatoms. The van der Waals surface area contributed by atoms with Crippen molar-refractivity contribution in [3.8, 4) is 0 Å². The number of nitrogens with zero attached hydrogens (tertiary/aromatic N) is 3. The Balaban J connectivity index is 2.01. The molecule has 0 spiro atoms. The molecule has 1 aliphatic carbocycles. The SMILES string of the molecule is CN(c1ncnc2ccc(N)cc12)C1CCCCC1. The van der Waals surface area contributed by atoms with E-state index in [2.05, 4.69) is 21.9 Å². The largest absolute Gasteiger partial charge is 0.399 e. The molecule has 1 heterocycles. The van der Waals surface area contributed by atoms with Crippen LogP contribution in [0.15, 0.2) is 24.5 Å². The monoisotopic (exact) mass is 256 g/mol. The van der Waals surface area contributed by atoms with Crippen LogP contribution in [0.5, 0.6) is 0 Å². The van der Waals surface area contributed by atoms with Crippen LogP contribution >= 0.6 is 0 Å². The number of nitrogens with two attached hydrogens (primary N) is 1. The summed E-state index contributed by atoms with van der Waals surface area (Å²) in [6, 6.07) is 6.42. The number of aromatic nitrogens is 2. The van der Waals surface area contributed by atoms with Gasteiger partial charge in [-0.05, 0) is 31.0 Å². The summed E-state index contributed by atoms with van der Waals surface area (Å²) in [6.45, 7) is 0. The standard InChI is InChI=1S/C15H20N4/c1-19(12-5-3-2-4-6-12)15-13-9-11(16)7-8-14(13)17-10-18-15/h7-10,12H,2-6,16H2,1H3. The number of benzene rings is 1. The van der Waals surface area contributed by atoms with Gasteiger partial charge in [0.15, 0.2) is 0 Å². The first-order valence-electron chi connectivity index (χ1n) is 6.99. The van der Waals surface area contributed by atoms with Gasteiger partial charge in [-0.3, -0.25) is 0 Å². The lowest BCUT2D eigenvalue weighted by molar-refractivity contribution is 0.426. The number of anilines is 2. The maximum absolute atomic E-state index is 5.90. The topological polar surface area (TPSA) is 55.0 Å². The highest BCUT2D eigenvalue weighted by Gasteiger charge is 2.20. The maximum Gasteiger partial charge on any atom is 0.139 e. The molecule has 0 saturated heterocycles. The van der Waals surface area contributed by atoms with Crippen LogP contribution in [0.1, 0.15) is 32.1 Å². The lowest BCUT2D eigenvalue weighted by Gasteiger charge is -2.32. The first-order chi connectivity index (χ1) is 9.25. The average Bonchev–Trinajstić information content (AvgIpc) is 2.47. The molecule has 1 aromatic carbocycles. The normalized spacial score (nSPS) is 16.7. The van der Waals surface area contributed by atoms with Crippen LogP contribution in [-0.4, -0.2) is 23.1 Å². The number of hydrogen-bond acceptors (Lipinski definition) is 4. The van der Waals surface area contributed by atoms with E-state index >= 15 is 0 Å². The highest BCUT2D eigenvalue weighted by Crippen LogP contribution is 2.29. The third-order valence-electron chi connectivity index (χ3n) is 4.09. The lowest BCUT2D eigenvalue weighted by Crippen LogP contribution is -2.34. The number of hydrogen-bond donors (Lipinski definition) is 1. The van der Waals surface area contributed by atoms with E-state index in [4.69, 9.17) is 5.73 Å². The van der Waals surface area contributed by atoms with Gasteiger partial charge in [0.05, 0.1) is 5.52 Å². The third kappa shape index (κ3) is 2.35. The van der Waals surface area contributed by atoms with Crippen LogP contribution in [-0.2, 0) is 0 Å². The Labute approximate surface area is 113 Å². The van der Waals surface area contributed by atoms with E-state index in [0.29, 0.717) is 6.04 Å². The number of nitrogen functional groups attached to an aromatic ring is 1. The number of rotatable bonds is 2. The van der Waals surface area contributed by atoms with Crippen molar-refractivity contribution in [2.24, 2.45) is 0 Å². The molecule has 0 unspecified atom stereocenters. The molecule has 1 saturated carbocycles. The maximum atomic E-state index is 5.90. The lowest BCUT2D eigenvalue weighted by atomic mass is 9.94. The zero-order valence-electron chi connectivity index (χ0n) is 11.3. The molecule has 0 aliphatic heterocycles. The van der Waals surface area contributed by atoms with Crippen LogP contribution in [0.4, 0.5) is 11.5 Å². The molecule has 0 radical (unpaired) electrons. The highest BCUT2D eigenvalue weighted by molar-refractivity contribution is 5.91. The molecule has 19 heavy (non-hydrogen) atoms. The average molecular weight is 256 g/mol. The Morgan fingerprint density at radius 1 is 1.16 bits per heavy atom. The van der Waals surface area contributed by atoms with E-state index in [0.717, 1.165) is 22.4 Å². The molecule has 2 aromatic rings. The zero-order chi connectivity index (χ0) is 13.2. The van der Waals surface area contributed by atoms with Crippen molar-refractivity contribution in [2.75, 3.05) is 17.7 Å². The molecule has 2 N–H and O–H groups in total. The van der Waals surface area contributed by atoms with Crippen molar-refractivity contribution < 1.29 is 0 Å². The van der Waals surface area contributed by atoms with Gasteiger partial charge in [0.1, 0.15) is 12.1 Å². The van der Waals surface area contributed by atoms with Crippen LogP contribution in [0.25, 0.3) is 10.9 Å². The summed E-state index contributed by atoms with van der Waals surface area (Å²) in [7, 11) is 2.14. The molecule has 1 fully saturated rings. The Morgan fingerprint density at radius 2 is 1.95 bits per heavy atom. The van der Waals surface area contributed by atoms with Crippen LogP contribution in [0.3, 0.4) is 0 Å². The summed E-state index contributed by atoms with van der Waals surface area (Å²) in [5.41, 5.74) is 7.62. The summed E-state index contributed by atoms with van der Waals surface area (Å²) in [5.74, 6) is 1.00. The highest BCUT2D eigenvalue weighted by atomic mass is 15.2. The summed E-state index contributed by atoms with van der Waals surface area (Å²) in [5, 5.41) is 1.05. The van der Waals surface area contributed by atoms with Gasteiger partial charge < -0.3 is 10.6 Å². The Hall–Kier alpha value is -1.84. The Morgan fingerprint density at radius 3 is 2.74 bits per heavy atom. The predicted octanol–water partition coefficient (Wildman–Crippen LogP) is 2.98. The number of fused-ring (bicyclic) bond motifs is 1. The van der Waals surface area contributed by atoms with Crippen molar-refractivity contribution in [3.63, 3.8) is 0 Å². The van der Waals surface area contributed by atoms with E-state index in [-0.39, 0.29) is 0 Å². The molecule has 100 valence electrons. The van der Waals surface area contributed by atoms with Gasteiger partial charge in [-0.15, -0.1) is 0 Å². The van der Waals surface area contributed by atoms with Crippen molar-refractivity contribution in [2.45, 2.75) is 38.1 Å². The van der Waals surface area contributed by atoms with E-state index < -0.39 is 0 Å². The second kappa shape index (κ2) is 5.03. The molecule has 0 atom stereocenters. The van der Waals surface area contributed by atoms with Gasteiger partial charge in [-0.25, -0.2) is 9.97 Å². The fraction of sp³-hybridized carbons (Fsp3) is 0.467. The van der Waals surface area contributed by atoms with Crippen LogP contribution in [0.2, 0.25) is 0 Å². The minimum Gasteiger partial charge on any atom is -0.399 e. The van der Waals surface area contributed by atoms with Crippen molar-refractivity contribution >= 4 is 22.4 Å². The van der Waals surface area contributed by atoms with Crippen molar-refractivity contribution in [1.29, 1.82) is 0 Å². The Bertz CT molecular complexity index is 575. The summed E-state index contributed by atoms with van der Waals surface area (Å²) in [4.78, 5) is 11.1. The minimum atomic E-state index is 0.591. The molecular formula is C15H20N4. The van der Waals surface area contributed by atoms with Gasteiger partial charge in [0.2, 0.25) is 0 Å². The smallest absolute Gasteiger partial charge is 0.139 e. The molecule has 1 aliphatic rings. The van der Waals surface area contributed by atoms with E-state index in [1.165, 1.54) is 32.1 Å². The van der Waals surface area contributed by atoms with Gasteiger partial charge in [0, 0.05) is 24.2 Å². The second-order valence-corrected chi connectivity index (χ2v) is 5.38. The van der Waals surface area contributed by atoms with Crippen molar-refractivity contribution in [1.82, 2.24) is 9.97 Å². The van der Waals surface area contributed by atoms with E-state index in [9.17, 15) is 0 Å². The van der Waals surface area contributed by atoms with Gasteiger partial charge >= 0.3 is 0 Å². The molecule has 3 rings (SSSR count). The van der Waals surface area contributed by atoms with Crippen molar-refractivity contribution in [3.05, 3.63) is 24.5 Å². The van der Waals surface area contributed by atoms with Gasteiger partial charge in [-0.1, -0.05) is 19.3 Å². The first kappa shape index (κ1) is 12.2. The predicted molar refractivity (Wildman–Crippen MR) is 79.2 cm³/mol. The summed E-state index contributed by atoms with van der Waals surface area (Å²) >= 11 is 0. The third-order valence-corrected chi connectivity index (χ3v) is 4.09. The molecule has 4 nitrogen and oxygen atoms in total. The fourth-order valence-corrected chi connectivity index (χ4v) is 2.98. The van der Waals surface area contributed by atoms with E-state index in [1.54, 1.807) is 6.33 Å². The van der Waals surface area contributed by atoms with Gasteiger partial charge in [0.25, 0.3) is 0 Å². The molecule has 0 bridgehead atoms. The van der Waals surface area contributed by atoms with E-state index in [1.807, 2.05) is 18.2 Å². The van der Waals surface area contributed by atoms with Crippen LogP contribution < -0.4 is 10.6 Å². The Kier molecular flexibility index (Phi) is 3.23. The first-order valence-corrected chi connectivity index (χ1v) is 6.99. The zero-order valence-corrected chi connectivity index (χ0v) is 11.3. The second-order valence-electron chi connectivity index (χ2n) is 5.38. The minimum absolute atomic E-state index is 0.591. The quantitative estimate of drug-likeness (QED) is 0.839. The van der Waals surface area contributed by atoms with Gasteiger partial charge in [-0.2, -0.15) is 0 Å². The molecule has 1 aromatic heterocycles. The summed E-state index contributed by atoms with van der Waals surface area (Å²) < 4.78 is 0. The fourth-order valence-electron chi connectivity index (χ4n) is 2.98. The molecular weight excluding hydrogens is 236 g/mol. The summed E-state index contributed by atoms with van der Waals surface area (Å²) in [6.07, 6.45) is 8.16. The van der Waals surface area contributed by atoms with Crippen LogP contribution in [0, 0.1) is 0 Å². The molecule has 0 amide bonds.